The molecule has 0 amide bonds. The lowest BCUT2D eigenvalue weighted by molar-refractivity contribution is 0.112. The van der Waals surface area contributed by atoms with Crippen LogP contribution in [0.5, 0.6) is 6.01 Å². The van der Waals surface area contributed by atoms with Crippen molar-refractivity contribution in [3.63, 3.8) is 0 Å². The zero-order valence-electron chi connectivity index (χ0n) is 8.17. The standard InChI is InChI=1S/C9H10Cl2N2O2/c1-2-3-4-15-9-12-7(10)6(5-14)8(11)13-9/h5H,2-4H2,1H3. The number of halogens is 2. The molecule has 0 saturated heterocycles. The van der Waals surface area contributed by atoms with Gasteiger partial charge in [-0.15, -0.1) is 0 Å². The smallest absolute Gasteiger partial charge is 0.319 e. The Morgan fingerprint density at radius 3 is 2.40 bits per heavy atom. The van der Waals surface area contributed by atoms with Crippen LogP contribution in [0.15, 0.2) is 0 Å². The Balaban J connectivity index is 2.79. The van der Waals surface area contributed by atoms with Crippen LogP contribution < -0.4 is 4.74 Å². The van der Waals surface area contributed by atoms with Gasteiger partial charge in [0.1, 0.15) is 10.3 Å². The minimum absolute atomic E-state index is 0.0106. The molecule has 0 unspecified atom stereocenters. The van der Waals surface area contributed by atoms with Crippen LogP contribution in [0.2, 0.25) is 10.3 Å². The van der Waals surface area contributed by atoms with Crippen molar-refractivity contribution >= 4 is 29.5 Å². The molecule has 0 spiro atoms. The molecular formula is C9H10Cl2N2O2. The number of carbonyl (C=O) groups excluding carboxylic acids is 1. The second-order valence-electron chi connectivity index (χ2n) is 2.82. The van der Waals surface area contributed by atoms with Crippen molar-refractivity contribution in [1.29, 1.82) is 0 Å². The summed E-state index contributed by atoms with van der Waals surface area (Å²) in [5, 5.41) is 0.0213. The van der Waals surface area contributed by atoms with Gasteiger partial charge in [0.25, 0.3) is 0 Å². The van der Waals surface area contributed by atoms with Gasteiger partial charge in [-0.25, -0.2) is 0 Å². The van der Waals surface area contributed by atoms with Crippen molar-refractivity contribution in [2.45, 2.75) is 19.8 Å². The highest BCUT2D eigenvalue weighted by Gasteiger charge is 2.11. The van der Waals surface area contributed by atoms with Gasteiger partial charge in [-0.05, 0) is 6.42 Å². The van der Waals surface area contributed by atoms with Gasteiger partial charge < -0.3 is 4.74 Å². The number of ether oxygens (including phenoxy) is 1. The largest absolute Gasteiger partial charge is 0.463 e. The van der Waals surface area contributed by atoms with Crippen molar-refractivity contribution in [3.8, 4) is 6.01 Å². The maximum absolute atomic E-state index is 10.5. The molecular weight excluding hydrogens is 239 g/mol. The molecule has 15 heavy (non-hydrogen) atoms. The first-order valence-corrected chi connectivity index (χ1v) is 5.25. The average molecular weight is 249 g/mol. The van der Waals surface area contributed by atoms with Crippen LogP contribution in [0.4, 0.5) is 0 Å². The molecule has 6 heteroatoms. The molecule has 1 rings (SSSR count). The monoisotopic (exact) mass is 248 g/mol. The SMILES string of the molecule is CCCCOc1nc(Cl)c(C=O)c(Cl)n1. The lowest BCUT2D eigenvalue weighted by Gasteiger charge is -2.05. The van der Waals surface area contributed by atoms with Crippen molar-refractivity contribution in [1.82, 2.24) is 9.97 Å². The van der Waals surface area contributed by atoms with E-state index in [9.17, 15) is 4.79 Å². The van der Waals surface area contributed by atoms with Gasteiger partial charge in [-0.2, -0.15) is 9.97 Å². The first kappa shape index (κ1) is 12.2. The van der Waals surface area contributed by atoms with E-state index < -0.39 is 0 Å². The summed E-state index contributed by atoms with van der Waals surface area (Å²) in [6.45, 7) is 2.54. The number of carbonyl (C=O) groups is 1. The molecule has 1 aromatic rings. The van der Waals surface area contributed by atoms with Crippen LogP contribution in [-0.2, 0) is 0 Å². The summed E-state index contributed by atoms with van der Waals surface area (Å²) in [6, 6.07) is 0.101. The van der Waals surface area contributed by atoms with E-state index in [1.807, 2.05) is 6.92 Å². The van der Waals surface area contributed by atoms with E-state index in [1.165, 1.54) is 0 Å². The average Bonchev–Trinajstić information content (AvgIpc) is 2.18. The van der Waals surface area contributed by atoms with E-state index in [4.69, 9.17) is 27.9 Å². The van der Waals surface area contributed by atoms with Crippen LogP contribution >= 0.6 is 23.2 Å². The zero-order chi connectivity index (χ0) is 11.3. The van der Waals surface area contributed by atoms with Crippen LogP contribution in [0, 0.1) is 0 Å². The predicted octanol–water partition coefficient (Wildman–Crippen LogP) is 2.77. The van der Waals surface area contributed by atoms with Gasteiger partial charge in [0.15, 0.2) is 6.29 Å². The quantitative estimate of drug-likeness (QED) is 0.457. The molecule has 82 valence electrons. The van der Waals surface area contributed by atoms with Crippen molar-refractivity contribution in [2.24, 2.45) is 0 Å². The fraction of sp³-hybridized carbons (Fsp3) is 0.444. The molecule has 4 nitrogen and oxygen atoms in total. The van der Waals surface area contributed by atoms with Crippen LogP contribution in [0.25, 0.3) is 0 Å². The predicted molar refractivity (Wildman–Crippen MR) is 57.8 cm³/mol. The number of aromatic nitrogens is 2. The van der Waals surface area contributed by atoms with Crippen LogP contribution in [0.3, 0.4) is 0 Å². The third-order valence-electron chi connectivity index (χ3n) is 1.68. The molecule has 0 fully saturated rings. The number of rotatable bonds is 5. The van der Waals surface area contributed by atoms with Gasteiger partial charge in [-0.3, -0.25) is 4.79 Å². The molecule has 1 heterocycles. The molecule has 0 aliphatic heterocycles. The Hall–Kier alpha value is -0.870. The number of hydrogen-bond donors (Lipinski definition) is 0. The summed E-state index contributed by atoms with van der Waals surface area (Å²) >= 11 is 11.4. The molecule has 0 aromatic carbocycles. The maximum atomic E-state index is 10.5. The second-order valence-corrected chi connectivity index (χ2v) is 3.54. The summed E-state index contributed by atoms with van der Waals surface area (Å²) in [6.07, 6.45) is 2.42. The highest BCUT2D eigenvalue weighted by Crippen LogP contribution is 2.21. The highest BCUT2D eigenvalue weighted by atomic mass is 35.5. The van der Waals surface area contributed by atoms with Crippen molar-refractivity contribution in [3.05, 3.63) is 15.9 Å². The fourth-order valence-corrected chi connectivity index (χ4v) is 1.33. The number of hydrogen-bond acceptors (Lipinski definition) is 4. The van der Waals surface area contributed by atoms with Crippen LogP contribution in [-0.4, -0.2) is 22.9 Å². The fourth-order valence-electron chi connectivity index (χ4n) is 0.868. The second kappa shape index (κ2) is 5.88. The van der Waals surface area contributed by atoms with Crippen LogP contribution in [0.1, 0.15) is 30.1 Å². The molecule has 0 bridgehead atoms. The molecule has 0 aliphatic carbocycles. The maximum Gasteiger partial charge on any atom is 0.319 e. The summed E-state index contributed by atoms with van der Waals surface area (Å²) in [5.41, 5.74) is 0.0844. The minimum atomic E-state index is 0.0106. The first-order valence-electron chi connectivity index (χ1n) is 4.50. The highest BCUT2D eigenvalue weighted by molar-refractivity contribution is 6.37. The van der Waals surface area contributed by atoms with E-state index in [2.05, 4.69) is 9.97 Å². The van der Waals surface area contributed by atoms with Gasteiger partial charge in [0, 0.05) is 0 Å². The third-order valence-corrected chi connectivity index (χ3v) is 2.26. The number of nitrogens with zero attached hydrogens (tertiary/aromatic N) is 2. The zero-order valence-corrected chi connectivity index (χ0v) is 9.68. The number of aldehydes is 1. The minimum Gasteiger partial charge on any atom is -0.463 e. The van der Waals surface area contributed by atoms with Gasteiger partial charge in [-0.1, -0.05) is 36.5 Å². The van der Waals surface area contributed by atoms with Gasteiger partial charge in [0.2, 0.25) is 0 Å². The van der Waals surface area contributed by atoms with Crippen molar-refractivity contribution < 1.29 is 9.53 Å². The third kappa shape index (κ3) is 3.32. The number of unbranched alkanes of at least 4 members (excludes halogenated alkanes) is 1. The Morgan fingerprint density at radius 2 is 1.93 bits per heavy atom. The molecule has 0 atom stereocenters. The van der Waals surface area contributed by atoms with Crippen molar-refractivity contribution in [2.75, 3.05) is 6.61 Å². The molecule has 1 aromatic heterocycles. The lowest BCUT2D eigenvalue weighted by Crippen LogP contribution is -2.03. The lowest BCUT2D eigenvalue weighted by atomic mass is 10.4. The van der Waals surface area contributed by atoms with E-state index in [0.29, 0.717) is 12.9 Å². The Bertz CT molecular complexity index is 335. The molecule has 0 N–H and O–H groups in total. The van der Waals surface area contributed by atoms with E-state index in [1.54, 1.807) is 0 Å². The summed E-state index contributed by atoms with van der Waals surface area (Å²) in [4.78, 5) is 18.1. The molecule has 0 saturated carbocycles. The Labute approximate surface area is 97.6 Å². The van der Waals surface area contributed by atoms with Gasteiger partial charge >= 0.3 is 6.01 Å². The summed E-state index contributed by atoms with van der Waals surface area (Å²) in [5.74, 6) is 0. The normalized spacial score (nSPS) is 10.1. The molecule has 0 radical (unpaired) electrons. The topological polar surface area (TPSA) is 52.1 Å². The van der Waals surface area contributed by atoms with Gasteiger partial charge in [0.05, 0.1) is 12.2 Å². The van der Waals surface area contributed by atoms with E-state index in [0.717, 1.165) is 12.8 Å². The van der Waals surface area contributed by atoms with E-state index in [-0.39, 0.29) is 21.9 Å². The van der Waals surface area contributed by atoms with E-state index >= 15 is 0 Å². The Kier molecular flexibility index (Phi) is 4.78. The summed E-state index contributed by atoms with van der Waals surface area (Å²) < 4.78 is 5.20. The summed E-state index contributed by atoms with van der Waals surface area (Å²) in [7, 11) is 0. The first-order chi connectivity index (χ1) is 7.19. The Morgan fingerprint density at radius 1 is 1.33 bits per heavy atom. The molecule has 0 aliphatic rings.